The lowest BCUT2D eigenvalue weighted by atomic mass is 9.89. The number of hydrogen-bond acceptors (Lipinski definition) is 3. The first-order valence-corrected chi connectivity index (χ1v) is 18.7. The van der Waals surface area contributed by atoms with E-state index in [-0.39, 0.29) is 0 Å². The molecule has 0 bridgehead atoms. The molecule has 0 atom stereocenters. The van der Waals surface area contributed by atoms with Crippen LogP contribution in [0.4, 0.5) is 0 Å². The van der Waals surface area contributed by atoms with Gasteiger partial charge in [0.15, 0.2) is 12.0 Å². The van der Waals surface area contributed by atoms with Crippen LogP contribution in [-0.2, 0) is 0 Å². The van der Waals surface area contributed by atoms with Crippen molar-refractivity contribution in [1.29, 1.82) is 5.26 Å². The number of aromatic amines is 1. The van der Waals surface area contributed by atoms with Crippen LogP contribution in [0.1, 0.15) is 5.56 Å². The molecule has 0 aliphatic carbocycles. The van der Waals surface area contributed by atoms with E-state index < -0.39 is 0 Å². The summed E-state index contributed by atoms with van der Waals surface area (Å²) in [5.74, 6) is 0.698. The Balaban J connectivity index is 1.00. The van der Waals surface area contributed by atoms with E-state index in [0.29, 0.717) is 11.4 Å². The summed E-state index contributed by atoms with van der Waals surface area (Å²) in [6.07, 6.45) is 1.96. The van der Waals surface area contributed by atoms with Crippen LogP contribution in [0.15, 0.2) is 194 Å². The van der Waals surface area contributed by atoms with Crippen molar-refractivity contribution in [1.82, 2.24) is 9.97 Å². The minimum absolute atomic E-state index is 0.625. The molecular weight excluding hydrogens is 681 g/mol. The maximum Gasteiger partial charge on any atom is 0.218 e. The van der Waals surface area contributed by atoms with Crippen molar-refractivity contribution >= 4 is 32.6 Å². The molecule has 0 fully saturated rings. The Bertz CT molecular complexity index is 3120. The second-order valence-corrected chi connectivity index (χ2v) is 14.0. The Labute approximate surface area is 324 Å². The number of nitrogens with one attached hydrogen (secondary N) is 1. The van der Waals surface area contributed by atoms with Gasteiger partial charge in [-0.25, -0.2) is 15.0 Å². The van der Waals surface area contributed by atoms with E-state index in [2.05, 4.69) is 145 Å². The first-order chi connectivity index (χ1) is 27.7. The van der Waals surface area contributed by atoms with Crippen molar-refractivity contribution in [3.63, 3.8) is 0 Å². The average molecular weight is 714 g/mol. The summed E-state index contributed by atoms with van der Waals surface area (Å²) in [7, 11) is 0. The largest absolute Gasteiger partial charge is 0.228 e. The molecular formula is C52H33N4+. The van der Waals surface area contributed by atoms with Crippen LogP contribution in [0.25, 0.3) is 99.7 Å². The number of aromatic nitrogens is 3. The summed E-state index contributed by atoms with van der Waals surface area (Å²) >= 11 is 0. The molecule has 0 amide bonds. The zero-order chi connectivity index (χ0) is 37.4. The summed E-state index contributed by atoms with van der Waals surface area (Å²) in [5, 5.41) is 14.6. The molecule has 0 saturated heterocycles. The highest BCUT2D eigenvalue weighted by Crippen LogP contribution is 2.39. The van der Waals surface area contributed by atoms with Gasteiger partial charge in [0.05, 0.1) is 28.4 Å². The van der Waals surface area contributed by atoms with Crippen molar-refractivity contribution in [2.45, 2.75) is 0 Å². The fraction of sp³-hybridized carbons (Fsp3) is 0. The van der Waals surface area contributed by atoms with Crippen molar-refractivity contribution in [3.8, 4) is 73.2 Å². The van der Waals surface area contributed by atoms with E-state index in [1.54, 1.807) is 0 Å². The molecule has 4 heteroatoms. The lowest BCUT2D eigenvalue weighted by molar-refractivity contribution is -0.344. The third-order valence-corrected chi connectivity index (χ3v) is 10.6. The Morgan fingerprint density at radius 3 is 1.77 bits per heavy atom. The maximum absolute atomic E-state index is 10.1. The number of fused-ring (bicyclic) bond motifs is 3. The van der Waals surface area contributed by atoms with E-state index in [1.165, 1.54) is 5.39 Å². The number of nitriles is 1. The normalized spacial score (nSPS) is 11.2. The average Bonchev–Trinajstić information content (AvgIpc) is 3.28. The first kappa shape index (κ1) is 32.9. The number of para-hydroxylation sites is 2. The monoisotopic (exact) mass is 713 g/mol. The highest BCUT2D eigenvalue weighted by molar-refractivity contribution is 6.05. The van der Waals surface area contributed by atoms with Crippen LogP contribution in [-0.4, -0.2) is 9.97 Å². The minimum atomic E-state index is 0.625. The van der Waals surface area contributed by atoms with Crippen molar-refractivity contribution in [2.24, 2.45) is 0 Å². The fourth-order valence-corrected chi connectivity index (χ4v) is 7.87. The smallest absolute Gasteiger partial charge is 0.218 e. The molecule has 260 valence electrons. The van der Waals surface area contributed by atoms with Gasteiger partial charge in [-0.2, -0.15) is 5.26 Å². The molecule has 10 aromatic rings. The molecule has 8 aromatic carbocycles. The summed E-state index contributed by atoms with van der Waals surface area (Å²) in [6, 6.07) is 67.6. The molecule has 0 saturated carbocycles. The molecule has 56 heavy (non-hydrogen) atoms. The lowest BCUT2D eigenvalue weighted by Crippen LogP contribution is -2.02. The van der Waals surface area contributed by atoms with Crippen LogP contribution in [0.3, 0.4) is 0 Å². The van der Waals surface area contributed by atoms with E-state index in [9.17, 15) is 5.26 Å². The van der Waals surface area contributed by atoms with Gasteiger partial charge in [0.1, 0.15) is 0 Å². The second-order valence-electron chi connectivity index (χ2n) is 14.0. The summed E-state index contributed by atoms with van der Waals surface area (Å²) in [6.45, 7) is 0. The highest BCUT2D eigenvalue weighted by Gasteiger charge is 2.15. The van der Waals surface area contributed by atoms with Crippen LogP contribution in [0.5, 0.6) is 0 Å². The van der Waals surface area contributed by atoms with Gasteiger partial charge in [0.25, 0.3) is 0 Å². The van der Waals surface area contributed by atoms with Gasteiger partial charge in [-0.15, -0.1) is 0 Å². The fourth-order valence-electron chi connectivity index (χ4n) is 7.87. The predicted molar refractivity (Wildman–Crippen MR) is 228 cm³/mol. The molecule has 4 nitrogen and oxygen atoms in total. The number of pyridine rings is 1. The van der Waals surface area contributed by atoms with Gasteiger partial charge in [0, 0.05) is 28.0 Å². The summed E-state index contributed by atoms with van der Waals surface area (Å²) in [4.78, 5) is 13.5. The Kier molecular flexibility index (Phi) is 8.17. The number of benzene rings is 8. The SMILES string of the molecule is N#Cc1cc(-c2ccc(-c3cccc4ccc[nH+]c34)cc2)cc(-c2ccc(-c3ccc(-c4nc(-c5ccccc5)c5ccccc5n4)cc3)c3ccccc23)c1. The first-order valence-electron chi connectivity index (χ1n) is 18.7. The zero-order valence-corrected chi connectivity index (χ0v) is 30.3. The van der Waals surface area contributed by atoms with E-state index >= 15 is 0 Å². The Hall–Kier alpha value is -7.74. The summed E-state index contributed by atoms with van der Waals surface area (Å²) in [5.41, 5.74) is 14.3. The van der Waals surface area contributed by atoms with Gasteiger partial charge in [-0.3, -0.25) is 0 Å². The van der Waals surface area contributed by atoms with E-state index in [1.807, 2.05) is 60.8 Å². The molecule has 10 rings (SSSR count). The Morgan fingerprint density at radius 2 is 1.02 bits per heavy atom. The van der Waals surface area contributed by atoms with Gasteiger partial charge < -0.3 is 0 Å². The number of nitrogens with zero attached hydrogens (tertiary/aromatic N) is 3. The molecule has 0 spiro atoms. The number of rotatable bonds is 6. The van der Waals surface area contributed by atoms with Crippen molar-refractivity contribution in [3.05, 3.63) is 200 Å². The molecule has 1 N–H and O–H groups in total. The molecule has 0 aliphatic heterocycles. The van der Waals surface area contributed by atoms with Crippen molar-refractivity contribution in [2.75, 3.05) is 0 Å². The quantitative estimate of drug-likeness (QED) is 0.172. The number of hydrogen-bond donors (Lipinski definition) is 0. The lowest BCUT2D eigenvalue weighted by Gasteiger charge is -2.14. The van der Waals surface area contributed by atoms with Gasteiger partial charge in [0.2, 0.25) is 5.52 Å². The van der Waals surface area contributed by atoms with Gasteiger partial charge in [-0.05, 0) is 92.2 Å². The molecule has 0 radical (unpaired) electrons. The van der Waals surface area contributed by atoms with Crippen molar-refractivity contribution < 1.29 is 4.98 Å². The zero-order valence-electron chi connectivity index (χ0n) is 30.3. The van der Waals surface area contributed by atoms with E-state index in [4.69, 9.17) is 9.97 Å². The minimum Gasteiger partial charge on any atom is -0.228 e. The third kappa shape index (κ3) is 5.94. The second kappa shape index (κ2) is 13.9. The molecule has 0 unspecified atom stereocenters. The third-order valence-electron chi connectivity index (χ3n) is 10.6. The van der Waals surface area contributed by atoms with Gasteiger partial charge in [-0.1, -0.05) is 140 Å². The maximum atomic E-state index is 10.1. The number of H-pyrrole nitrogens is 1. The molecule has 0 aliphatic rings. The summed E-state index contributed by atoms with van der Waals surface area (Å²) < 4.78 is 0. The highest BCUT2D eigenvalue weighted by atomic mass is 14.9. The molecule has 2 aromatic heterocycles. The van der Waals surface area contributed by atoms with Gasteiger partial charge >= 0.3 is 0 Å². The predicted octanol–water partition coefficient (Wildman–Crippen LogP) is 12.6. The van der Waals surface area contributed by atoms with Crippen LogP contribution in [0.2, 0.25) is 0 Å². The van der Waals surface area contributed by atoms with E-state index in [0.717, 1.165) is 88.5 Å². The molecule has 2 heterocycles. The van der Waals surface area contributed by atoms with Crippen LogP contribution < -0.4 is 4.98 Å². The standard InChI is InChI=1S/C52H32N4/c53-33-34-30-41(35-19-21-37(22-20-35)45-17-8-12-38-13-9-29-54-50(38)45)32-42(31-34)44-28-27-43(46-14-4-5-15-47(44)46)36-23-25-40(26-24-36)52-55-49-18-7-6-16-48(49)51(56-52)39-10-2-1-3-11-39/h1-32H/p+1. The topological polar surface area (TPSA) is 63.7 Å². The van der Waals surface area contributed by atoms with Crippen LogP contribution in [0, 0.1) is 11.3 Å². The Morgan fingerprint density at radius 1 is 0.411 bits per heavy atom. The van der Waals surface area contributed by atoms with Crippen LogP contribution >= 0.6 is 0 Å².